The second kappa shape index (κ2) is 8.13. The van der Waals surface area contributed by atoms with E-state index in [0.717, 1.165) is 16.3 Å². The van der Waals surface area contributed by atoms with E-state index in [1.54, 1.807) is 23.5 Å². The maximum atomic E-state index is 12.7. The van der Waals surface area contributed by atoms with Gasteiger partial charge >= 0.3 is 6.61 Å². The molecule has 1 amide bonds. The maximum absolute atomic E-state index is 12.7. The number of hydrogen-bond donors (Lipinski definition) is 1. The number of thiazole rings is 1. The lowest BCUT2D eigenvalue weighted by Gasteiger charge is -2.14. The number of nitrogens with zero attached hydrogens (tertiary/aromatic N) is 1. The predicted molar refractivity (Wildman–Crippen MR) is 99.9 cm³/mol. The van der Waals surface area contributed by atoms with Crippen molar-refractivity contribution in [3.63, 3.8) is 0 Å². The summed E-state index contributed by atoms with van der Waals surface area (Å²) in [4.78, 5) is 16.9. The minimum atomic E-state index is -3.08. The number of alkyl halides is 2. The number of methoxy groups -OCH3 is 1. The molecule has 0 aliphatic heterocycles. The third-order valence-electron chi connectivity index (χ3n) is 3.71. The van der Waals surface area contributed by atoms with Gasteiger partial charge in [-0.1, -0.05) is 18.2 Å². The Balaban J connectivity index is 1.81. The number of rotatable bonds is 6. The molecule has 0 radical (unpaired) electrons. The van der Waals surface area contributed by atoms with Crippen LogP contribution in [0.15, 0.2) is 47.8 Å². The Morgan fingerprint density at radius 3 is 2.52 bits per heavy atom. The SMILES string of the molecule is COc1cccc(C(=O)Nc2ccc(-c3csc(C)n3)cc2)c1OC(F)F. The van der Waals surface area contributed by atoms with Gasteiger partial charge < -0.3 is 14.8 Å². The van der Waals surface area contributed by atoms with Gasteiger partial charge in [0.2, 0.25) is 0 Å². The lowest BCUT2D eigenvalue weighted by atomic mass is 10.1. The van der Waals surface area contributed by atoms with Gasteiger partial charge in [0.25, 0.3) is 5.91 Å². The largest absolute Gasteiger partial charge is 0.493 e. The summed E-state index contributed by atoms with van der Waals surface area (Å²) in [6.45, 7) is -1.15. The molecule has 0 bridgehead atoms. The van der Waals surface area contributed by atoms with Gasteiger partial charge in [0.15, 0.2) is 11.5 Å². The minimum absolute atomic E-state index is 0.0474. The summed E-state index contributed by atoms with van der Waals surface area (Å²) in [5.41, 5.74) is 2.24. The molecule has 1 aromatic heterocycles. The number of benzene rings is 2. The first-order valence-corrected chi connectivity index (χ1v) is 8.81. The van der Waals surface area contributed by atoms with Crippen molar-refractivity contribution in [1.82, 2.24) is 4.98 Å². The molecule has 0 saturated heterocycles. The van der Waals surface area contributed by atoms with Crippen LogP contribution in [-0.4, -0.2) is 24.6 Å². The molecule has 1 N–H and O–H groups in total. The quantitative estimate of drug-likeness (QED) is 0.645. The molecule has 2 aromatic carbocycles. The van der Waals surface area contributed by atoms with Gasteiger partial charge in [0.05, 0.1) is 23.4 Å². The lowest BCUT2D eigenvalue weighted by Crippen LogP contribution is -2.15. The fourth-order valence-electron chi connectivity index (χ4n) is 2.48. The van der Waals surface area contributed by atoms with E-state index in [1.807, 2.05) is 24.4 Å². The van der Waals surface area contributed by atoms with Gasteiger partial charge in [-0.3, -0.25) is 4.79 Å². The maximum Gasteiger partial charge on any atom is 0.387 e. The van der Waals surface area contributed by atoms with Gasteiger partial charge in [-0.2, -0.15) is 8.78 Å². The molecule has 27 heavy (non-hydrogen) atoms. The number of carbonyl (C=O) groups is 1. The molecular formula is C19H16F2N2O3S. The highest BCUT2D eigenvalue weighted by atomic mass is 32.1. The zero-order valence-corrected chi connectivity index (χ0v) is 15.3. The zero-order valence-electron chi connectivity index (χ0n) is 14.5. The summed E-state index contributed by atoms with van der Waals surface area (Å²) in [5, 5.41) is 5.59. The highest BCUT2D eigenvalue weighted by Crippen LogP contribution is 2.33. The van der Waals surface area contributed by atoms with E-state index in [9.17, 15) is 13.6 Å². The number of anilines is 1. The van der Waals surface area contributed by atoms with Crippen LogP contribution in [0.3, 0.4) is 0 Å². The van der Waals surface area contributed by atoms with E-state index in [0.29, 0.717) is 5.69 Å². The van der Waals surface area contributed by atoms with Crippen LogP contribution in [0.25, 0.3) is 11.3 Å². The average molecular weight is 390 g/mol. The van der Waals surface area contributed by atoms with Crippen molar-refractivity contribution in [3.8, 4) is 22.8 Å². The molecule has 1 heterocycles. The molecule has 0 aliphatic rings. The summed E-state index contributed by atoms with van der Waals surface area (Å²) in [7, 11) is 1.31. The van der Waals surface area contributed by atoms with Crippen molar-refractivity contribution < 1.29 is 23.0 Å². The van der Waals surface area contributed by atoms with Crippen molar-refractivity contribution in [1.29, 1.82) is 0 Å². The van der Waals surface area contributed by atoms with Gasteiger partial charge in [-0.15, -0.1) is 11.3 Å². The minimum Gasteiger partial charge on any atom is -0.493 e. The van der Waals surface area contributed by atoms with Crippen LogP contribution in [-0.2, 0) is 0 Å². The number of nitrogens with one attached hydrogen (secondary N) is 1. The predicted octanol–water partition coefficient (Wildman–Crippen LogP) is 4.98. The summed E-state index contributed by atoms with van der Waals surface area (Å²) >= 11 is 1.55. The molecule has 3 rings (SSSR count). The van der Waals surface area contributed by atoms with Crippen molar-refractivity contribution in [3.05, 3.63) is 58.4 Å². The fraction of sp³-hybridized carbons (Fsp3) is 0.158. The summed E-state index contributed by atoms with van der Waals surface area (Å²) < 4.78 is 34.9. The molecule has 0 spiro atoms. The Kier molecular flexibility index (Phi) is 5.66. The van der Waals surface area contributed by atoms with Crippen LogP contribution in [0.1, 0.15) is 15.4 Å². The van der Waals surface area contributed by atoms with Crippen LogP contribution in [0.5, 0.6) is 11.5 Å². The van der Waals surface area contributed by atoms with Crippen LogP contribution >= 0.6 is 11.3 Å². The zero-order chi connectivity index (χ0) is 19.4. The van der Waals surface area contributed by atoms with Crippen molar-refractivity contribution in [2.75, 3.05) is 12.4 Å². The van der Waals surface area contributed by atoms with Gasteiger partial charge in [0.1, 0.15) is 0 Å². The topological polar surface area (TPSA) is 60.5 Å². The molecule has 0 saturated carbocycles. The Bertz CT molecular complexity index is 942. The second-order valence-corrected chi connectivity index (χ2v) is 6.56. The third-order valence-corrected chi connectivity index (χ3v) is 4.48. The van der Waals surface area contributed by atoms with Gasteiger partial charge in [-0.25, -0.2) is 4.98 Å². The van der Waals surface area contributed by atoms with E-state index < -0.39 is 12.5 Å². The van der Waals surface area contributed by atoms with Crippen LogP contribution in [0, 0.1) is 6.92 Å². The molecule has 140 valence electrons. The van der Waals surface area contributed by atoms with E-state index in [4.69, 9.17) is 4.74 Å². The Hall–Kier alpha value is -3.00. The normalized spacial score (nSPS) is 10.7. The molecule has 0 unspecified atom stereocenters. The number of hydrogen-bond acceptors (Lipinski definition) is 5. The van der Waals surface area contributed by atoms with Crippen molar-refractivity contribution in [2.45, 2.75) is 13.5 Å². The highest BCUT2D eigenvalue weighted by molar-refractivity contribution is 7.09. The molecule has 0 atom stereocenters. The van der Waals surface area contributed by atoms with E-state index in [-0.39, 0.29) is 17.1 Å². The van der Waals surface area contributed by atoms with Crippen LogP contribution in [0.2, 0.25) is 0 Å². The number of para-hydroxylation sites is 1. The lowest BCUT2D eigenvalue weighted by molar-refractivity contribution is -0.0515. The number of aryl methyl sites for hydroxylation is 1. The molecule has 0 fully saturated rings. The van der Waals surface area contributed by atoms with E-state index >= 15 is 0 Å². The Labute approximate surface area is 158 Å². The molecular weight excluding hydrogens is 374 g/mol. The monoisotopic (exact) mass is 390 g/mol. The number of ether oxygens (including phenoxy) is 2. The van der Waals surface area contributed by atoms with Crippen molar-refractivity contribution in [2.24, 2.45) is 0 Å². The second-order valence-electron chi connectivity index (χ2n) is 5.50. The smallest absolute Gasteiger partial charge is 0.387 e. The summed E-state index contributed by atoms with van der Waals surface area (Å²) in [6.07, 6.45) is 0. The molecule has 5 nitrogen and oxygen atoms in total. The van der Waals surface area contributed by atoms with E-state index in [2.05, 4.69) is 15.0 Å². The average Bonchev–Trinajstić information content (AvgIpc) is 3.08. The van der Waals surface area contributed by atoms with Crippen LogP contribution < -0.4 is 14.8 Å². The summed E-state index contributed by atoms with van der Waals surface area (Å²) in [6, 6.07) is 11.4. The number of halogens is 2. The van der Waals surface area contributed by atoms with Crippen molar-refractivity contribution >= 4 is 22.9 Å². The standard InChI is InChI=1S/C19H16F2N2O3S/c1-11-22-15(10-27-11)12-6-8-13(9-7-12)23-18(24)14-4-3-5-16(25-2)17(14)26-19(20)21/h3-10,19H,1-2H3,(H,23,24). The van der Waals surface area contributed by atoms with E-state index in [1.165, 1.54) is 25.3 Å². The first kappa shape index (κ1) is 18.8. The summed E-state index contributed by atoms with van der Waals surface area (Å²) in [5.74, 6) is -0.832. The number of carbonyl (C=O) groups excluding carboxylic acids is 1. The first-order chi connectivity index (χ1) is 13.0. The third kappa shape index (κ3) is 4.40. The number of amides is 1. The highest BCUT2D eigenvalue weighted by Gasteiger charge is 2.20. The Morgan fingerprint density at radius 2 is 1.93 bits per heavy atom. The van der Waals surface area contributed by atoms with Gasteiger partial charge in [-0.05, 0) is 31.2 Å². The molecule has 0 aliphatic carbocycles. The molecule has 3 aromatic rings. The number of aromatic nitrogens is 1. The Morgan fingerprint density at radius 1 is 1.19 bits per heavy atom. The first-order valence-electron chi connectivity index (χ1n) is 7.93. The fourth-order valence-corrected chi connectivity index (χ4v) is 3.11. The van der Waals surface area contributed by atoms with Crippen LogP contribution in [0.4, 0.5) is 14.5 Å². The van der Waals surface area contributed by atoms with Gasteiger partial charge in [0, 0.05) is 16.6 Å². The molecule has 8 heteroatoms.